The van der Waals surface area contributed by atoms with Gasteiger partial charge in [-0.2, -0.15) is 0 Å². The first-order valence-electron chi connectivity index (χ1n) is 5.59. The molecule has 1 aliphatic rings. The van der Waals surface area contributed by atoms with E-state index >= 15 is 0 Å². The lowest BCUT2D eigenvalue weighted by Gasteiger charge is -2.20. The fourth-order valence-electron chi connectivity index (χ4n) is 1.88. The molecule has 0 aliphatic carbocycles. The molecule has 0 aromatic carbocycles. The van der Waals surface area contributed by atoms with Crippen LogP contribution in [0.1, 0.15) is 12.7 Å². The maximum absolute atomic E-state index is 12.3. The van der Waals surface area contributed by atoms with Gasteiger partial charge in [-0.3, -0.25) is 14.5 Å². The van der Waals surface area contributed by atoms with Gasteiger partial charge >= 0.3 is 6.03 Å². The molecule has 8 nitrogen and oxygen atoms in total. The lowest BCUT2D eigenvalue weighted by molar-refractivity contribution is -0.132. The van der Waals surface area contributed by atoms with Crippen LogP contribution in [-0.4, -0.2) is 35.3 Å². The van der Waals surface area contributed by atoms with E-state index in [1.54, 1.807) is 12.1 Å². The molecule has 1 fully saturated rings. The third-order valence-corrected chi connectivity index (χ3v) is 3.03. The molecule has 2 unspecified atom stereocenters. The number of imide groups is 1. The molecule has 2 atom stereocenters. The van der Waals surface area contributed by atoms with Gasteiger partial charge in [-0.25, -0.2) is 4.79 Å². The standard InChI is InChI=1S/C11H14N4O4/c1-11(7-3-2-4-19-7)9(17)15(10(18)14-11)5-6(12)8(13)16/h2-4,6H,5,12H2,1H3,(H2,13,16)(H,14,18). The molecule has 4 amide bonds. The predicted molar refractivity (Wildman–Crippen MR) is 63.5 cm³/mol. The van der Waals surface area contributed by atoms with E-state index in [1.165, 1.54) is 13.2 Å². The van der Waals surface area contributed by atoms with Crippen LogP contribution in [-0.2, 0) is 15.1 Å². The number of urea groups is 1. The summed E-state index contributed by atoms with van der Waals surface area (Å²) in [6.07, 6.45) is 1.40. The van der Waals surface area contributed by atoms with Crippen molar-refractivity contribution in [2.75, 3.05) is 6.54 Å². The van der Waals surface area contributed by atoms with E-state index in [9.17, 15) is 14.4 Å². The Morgan fingerprint density at radius 1 is 1.58 bits per heavy atom. The normalized spacial score (nSPS) is 24.4. The molecule has 2 heterocycles. The average molecular weight is 266 g/mol. The van der Waals surface area contributed by atoms with Crippen molar-refractivity contribution in [3.05, 3.63) is 24.2 Å². The first-order chi connectivity index (χ1) is 8.86. The Kier molecular flexibility index (Phi) is 3.03. The third-order valence-electron chi connectivity index (χ3n) is 3.03. The minimum Gasteiger partial charge on any atom is -0.466 e. The first kappa shape index (κ1) is 13.1. The minimum absolute atomic E-state index is 0.268. The summed E-state index contributed by atoms with van der Waals surface area (Å²) in [5.41, 5.74) is 9.18. The van der Waals surface area contributed by atoms with Crippen LogP contribution in [0.25, 0.3) is 0 Å². The van der Waals surface area contributed by atoms with Gasteiger partial charge in [0.25, 0.3) is 5.91 Å². The van der Waals surface area contributed by atoms with Gasteiger partial charge in [0, 0.05) is 0 Å². The Bertz CT molecular complexity index is 527. The SMILES string of the molecule is CC1(c2ccco2)NC(=O)N(CC(N)C(N)=O)C1=O. The van der Waals surface area contributed by atoms with Crippen LogP contribution in [0.2, 0.25) is 0 Å². The zero-order valence-electron chi connectivity index (χ0n) is 10.3. The Morgan fingerprint density at radius 2 is 2.26 bits per heavy atom. The smallest absolute Gasteiger partial charge is 0.325 e. The zero-order chi connectivity index (χ0) is 14.2. The lowest BCUT2D eigenvalue weighted by Crippen LogP contribution is -2.48. The van der Waals surface area contributed by atoms with E-state index in [4.69, 9.17) is 15.9 Å². The maximum Gasteiger partial charge on any atom is 0.325 e. The number of primary amides is 1. The number of rotatable bonds is 4. The highest BCUT2D eigenvalue weighted by molar-refractivity contribution is 6.07. The summed E-state index contributed by atoms with van der Waals surface area (Å²) >= 11 is 0. The van der Waals surface area contributed by atoms with Gasteiger partial charge in [-0.15, -0.1) is 0 Å². The highest BCUT2D eigenvalue weighted by Gasteiger charge is 2.51. The van der Waals surface area contributed by atoms with Gasteiger partial charge in [0.1, 0.15) is 11.8 Å². The second kappa shape index (κ2) is 4.39. The molecule has 1 aliphatic heterocycles. The van der Waals surface area contributed by atoms with E-state index in [-0.39, 0.29) is 6.54 Å². The van der Waals surface area contributed by atoms with Crippen LogP contribution in [0.4, 0.5) is 4.79 Å². The molecule has 0 spiro atoms. The van der Waals surface area contributed by atoms with Crippen molar-refractivity contribution < 1.29 is 18.8 Å². The topological polar surface area (TPSA) is 132 Å². The summed E-state index contributed by atoms with van der Waals surface area (Å²) < 4.78 is 5.15. The van der Waals surface area contributed by atoms with Gasteiger partial charge in [0.2, 0.25) is 5.91 Å². The summed E-state index contributed by atoms with van der Waals surface area (Å²) in [5.74, 6) is -1.02. The number of hydrogen-bond donors (Lipinski definition) is 3. The van der Waals surface area contributed by atoms with Crippen LogP contribution in [0.15, 0.2) is 22.8 Å². The highest BCUT2D eigenvalue weighted by Crippen LogP contribution is 2.28. The number of carbonyl (C=O) groups is 3. The summed E-state index contributed by atoms with van der Waals surface area (Å²) in [7, 11) is 0. The Hall–Kier alpha value is -2.35. The van der Waals surface area contributed by atoms with Crippen molar-refractivity contribution in [2.24, 2.45) is 11.5 Å². The molecule has 1 aromatic rings. The highest BCUT2D eigenvalue weighted by atomic mass is 16.3. The van der Waals surface area contributed by atoms with Gasteiger partial charge < -0.3 is 21.2 Å². The number of amides is 4. The Morgan fingerprint density at radius 3 is 2.79 bits per heavy atom. The predicted octanol–water partition coefficient (Wildman–Crippen LogP) is -1.14. The van der Waals surface area contributed by atoms with Gasteiger partial charge in [-0.1, -0.05) is 0 Å². The second-order valence-electron chi connectivity index (χ2n) is 4.46. The molecule has 19 heavy (non-hydrogen) atoms. The molecule has 5 N–H and O–H groups in total. The maximum atomic E-state index is 12.3. The lowest BCUT2D eigenvalue weighted by atomic mass is 9.99. The molecule has 0 saturated carbocycles. The number of hydrogen-bond acceptors (Lipinski definition) is 5. The molecule has 102 valence electrons. The number of carbonyl (C=O) groups excluding carboxylic acids is 3. The van der Waals surface area contributed by atoms with Crippen LogP contribution >= 0.6 is 0 Å². The zero-order valence-corrected chi connectivity index (χ0v) is 10.3. The second-order valence-corrected chi connectivity index (χ2v) is 4.46. The van der Waals surface area contributed by atoms with Gasteiger partial charge in [0.15, 0.2) is 5.54 Å². The van der Waals surface area contributed by atoms with E-state index < -0.39 is 29.4 Å². The Balaban J connectivity index is 2.24. The van der Waals surface area contributed by atoms with Gasteiger partial charge in [-0.05, 0) is 19.1 Å². The molecule has 0 bridgehead atoms. The molecule has 8 heteroatoms. The van der Waals surface area contributed by atoms with Crippen molar-refractivity contribution in [3.8, 4) is 0 Å². The summed E-state index contributed by atoms with van der Waals surface area (Å²) in [5, 5.41) is 2.51. The largest absolute Gasteiger partial charge is 0.466 e. The van der Waals surface area contributed by atoms with Crippen LogP contribution < -0.4 is 16.8 Å². The average Bonchev–Trinajstić information content (AvgIpc) is 2.93. The van der Waals surface area contributed by atoms with Crippen molar-refractivity contribution >= 4 is 17.8 Å². The minimum atomic E-state index is -1.29. The van der Waals surface area contributed by atoms with Crippen LogP contribution in [0.3, 0.4) is 0 Å². The van der Waals surface area contributed by atoms with Crippen molar-refractivity contribution in [1.82, 2.24) is 10.2 Å². The van der Waals surface area contributed by atoms with Crippen molar-refractivity contribution in [2.45, 2.75) is 18.5 Å². The summed E-state index contributed by atoms with van der Waals surface area (Å²) in [4.78, 5) is 35.8. The number of nitrogens with two attached hydrogens (primary N) is 2. The van der Waals surface area contributed by atoms with E-state index in [2.05, 4.69) is 5.32 Å². The molecule has 0 radical (unpaired) electrons. The summed E-state index contributed by atoms with van der Waals surface area (Å²) in [6, 6.07) is 1.45. The number of nitrogens with one attached hydrogen (secondary N) is 1. The van der Waals surface area contributed by atoms with E-state index in [1.807, 2.05) is 0 Å². The van der Waals surface area contributed by atoms with Crippen molar-refractivity contribution in [1.29, 1.82) is 0 Å². The third kappa shape index (κ3) is 2.06. The van der Waals surface area contributed by atoms with E-state index in [0.29, 0.717) is 5.76 Å². The Labute approximate surface area is 108 Å². The molecule has 2 rings (SSSR count). The first-order valence-corrected chi connectivity index (χ1v) is 5.59. The monoisotopic (exact) mass is 266 g/mol. The van der Waals surface area contributed by atoms with Crippen molar-refractivity contribution in [3.63, 3.8) is 0 Å². The summed E-state index contributed by atoms with van der Waals surface area (Å²) in [6.45, 7) is 1.25. The van der Waals surface area contributed by atoms with E-state index in [0.717, 1.165) is 4.90 Å². The van der Waals surface area contributed by atoms with Gasteiger partial charge in [0.05, 0.1) is 12.8 Å². The van der Waals surface area contributed by atoms with Crippen LogP contribution in [0, 0.1) is 0 Å². The van der Waals surface area contributed by atoms with Crippen LogP contribution in [0.5, 0.6) is 0 Å². The molecule has 1 aromatic heterocycles. The number of nitrogens with zero attached hydrogens (tertiary/aromatic N) is 1. The molecular weight excluding hydrogens is 252 g/mol. The fraction of sp³-hybridized carbons (Fsp3) is 0.364. The quantitative estimate of drug-likeness (QED) is 0.592. The fourth-order valence-corrected chi connectivity index (χ4v) is 1.88. The molecular formula is C11H14N4O4. The molecule has 1 saturated heterocycles. The number of furan rings is 1.